The van der Waals surface area contributed by atoms with E-state index in [-0.39, 0.29) is 11.5 Å². The molecule has 2 atom stereocenters. The van der Waals surface area contributed by atoms with E-state index in [9.17, 15) is 0 Å². The molecule has 0 aromatic carbocycles. The van der Waals surface area contributed by atoms with Gasteiger partial charge in [0.25, 0.3) is 0 Å². The van der Waals surface area contributed by atoms with E-state index in [1.165, 1.54) is 12.8 Å². The maximum absolute atomic E-state index is 5.81. The van der Waals surface area contributed by atoms with Crippen LogP contribution in [0.1, 0.15) is 47.0 Å². The molecule has 0 saturated heterocycles. The summed E-state index contributed by atoms with van der Waals surface area (Å²) < 4.78 is 10.8. The molecule has 0 bridgehead atoms. The number of hydrogen-bond acceptors (Lipinski definition) is 2. The van der Waals surface area contributed by atoms with E-state index in [2.05, 4.69) is 34.3 Å². The summed E-state index contributed by atoms with van der Waals surface area (Å²) in [6.45, 7) is 13.1. The Kier molecular flexibility index (Phi) is 7.69. The largest absolute Gasteiger partial charge is 0.359 e. The molecule has 16 heavy (non-hydrogen) atoms. The van der Waals surface area contributed by atoms with E-state index in [1.54, 1.807) is 7.11 Å². The first-order chi connectivity index (χ1) is 7.47. The number of ether oxygens (including phenoxy) is 2. The van der Waals surface area contributed by atoms with Gasteiger partial charge < -0.3 is 9.47 Å². The van der Waals surface area contributed by atoms with Crippen LogP contribution in [-0.4, -0.2) is 20.0 Å². The third kappa shape index (κ3) is 5.66. The molecule has 0 aliphatic rings. The summed E-state index contributed by atoms with van der Waals surface area (Å²) in [7, 11) is 1.66. The molecule has 0 aromatic heterocycles. The number of methoxy groups -OCH3 is 1. The second-order valence-electron chi connectivity index (χ2n) is 5.40. The highest BCUT2D eigenvalue weighted by atomic mass is 16.7. The Hall–Kier alpha value is -0.340. The first-order valence-corrected chi connectivity index (χ1v) is 6.20. The topological polar surface area (TPSA) is 18.5 Å². The quantitative estimate of drug-likeness (QED) is 0.461. The van der Waals surface area contributed by atoms with Gasteiger partial charge in [0.05, 0.1) is 6.10 Å². The number of rotatable bonds is 8. The molecule has 0 spiro atoms. The normalized spacial score (nSPS) is 15.8. The van der Waals surface area contributed by atoms with Gasteiger partial charge in [0.1, 0.15) is 6.79 Å². The van der Waals surface area contributed by atoms with Crippen molar-refractivity contribution in [3.8, 4) is 0 Å². The second kappa shape index (κ2) is 7.86. The number of hydrogen-bond donors (Lipinski definition) is 0. The van der Waals surface area contributed by atoms with Crippen LogP contribution in [0.4, 0.5) is 0 Å². The molecule has 0 radical (unpaired) electrons. The number of unbranched alkanes of at least 4 members (excludes halogenated alkanes) is 1. The van der Waals surface area contributed by atoms with Gasteiger partial charge in [-0.1, -0.05) is 46.6 Å². The Morgan fingerprint density at radius 2 is 1.94 bits per heavy atom. The van der Waals surface area contributed by atoms with Crippen molar-refractivity contribution in [3.05, 3.63) is 12.7 Å². The van der Waals surface area contributed by atoms with E-state index in [0.29, 0.717) is 12.7 Å². The zero-order chi connectivity index (χ0) is 12.6. The van der Waals surface area contributed by atoms with Crippen LogP contribution in [0.3, 0.4) is 0 Å². The van der Waals surface area contributed by atoms with Gasteiger partial charge in [0, 0.05) is 13.0 Å². The van der Waals surface area contributed by atoms with Crippen LogP contribution in [-0.2, 0) is 9.47 Å². The minimum absolute atomic E-state index is 0.116. The molecule has 2 heteroatoms. The molecule has 96 valence electrons. The lowest BCUT2D eigenvalue weighted by Crippen LogP contribution is -2.36. The van der Waals surface area contributed by atoms with Crippen LogP contribution in [0, 0.1) is 11.3 Å². The average molecular weight is 228 g/mol. The smallest absolute Gasteiger partial charge is 0.146 e. The maximum atomic E-state index is 5.81. The van der Waals surface area contributed by atoms with Crippen LogP contribution in [0.15, 0.2) is 12.7 Å². The van der Waals surface area contributed by atoms with Crippen molar-refractivity contribution < 1.29 is 9.47 Å². The lowest BCUT2D eigenvalue weighted by molar-refractivity contribution is -0.123. The molecular weight excluding hydrogens is 200 g/mol. The molecule has 0 fully saturated rings. The molecule has 0 amide bonds. The Morgan fingerprint density at radius 1 is 1.31 bits per heavy atom. The summed E-state index contributed by atoms with van der Waals surface area (Å²) in [6, 6.07) is 0. The van der Waals surface area contributed by atoms with Gasteiger partial charge in [0.15, 0.2) is 0 Å². The summed E-state index contributed by atoms with van der Waals surface area (Å²) in [6.07, 6.45) is 5.79. The molecule has 0 unspecified atom stereocenters. The fourth-order valence-electron chi connectivity index (χ4n) is 1.99. The Morgan fingerprint density at radius 3 is 2.31 bits per heavy atom. The van der Waals surface area contributed by atoms with Gasteiger partial charge in [-0.2, -0.15) is 0 Å². The van der Waals surface area contributed by atoms with Crippen molar-refractivity contribution >= 4 is 0 Å². The van der Waals surface area contributed by atoms with Crippen molar-refractivity contribution in [2.45, 2.75) is 53.1 Å². The van der Waals surface area contributed by atoms with Crippen molar-refractivity contribution in [2.24, 2.45) is 11.3 Å². The van der Waals surface area contributed by atoms with Crippen LogP contribution in [0.2, 0.25) is 0 Å². The van der Waals surface area contributed by atoms with E-state index >= 15 is 0 Å². The molecule has 0 rings (SSSR count). The highest BCUT2D eigenvalue weighted by Gasteiger charge is 2.31. The third-order valence-electron chi connectivity index (χ3n) is 2.80. The van der Waals surface area contributed by atoms with Crippen LogP contribution < -0.4 is 0 Å². The standard InChI is InChI=1S/C14H28O2/c1-7-9-10-12(8-2)13(14(3,4)5)16-11-15-6/h8,12-13H,2,7,9-11H2,1,3-6H3/t12-,13-/m1/s1. The SMILES string of the molecule is C=C[C@H](CCCC)[C@@H](OCOC)C(C)(C)C. The van der Waals surface area contributed by atoms with Crippen molar-refractivity contribution in [1.82, 2.24) is 0 Å². The van der Waals surface area contributed by atoms with E-state index in [4.69, 9.17) is 9.47 Å². The van der Waals surface area contributed by atoms with Gasteiger partial charge in [0.2, 0.25) is 0 Å². The predicted molar refractivity (Wildman–Crippen MR) is 69.4 cm³/mol. The van der Waals surface area contributed by atoms with Gasteiger partial charge in [-0.25, -0.2) is 0 Å². The average Bonchev–Trinajstić information content (AvgIpc) is 2.21. The lowest BCUT2D eigenvalue weighted by atomic mass is 9.79. The van der Waals surface area contributed by atoms with E-state index in [1.807, 2.05) is 6.08 Å². The van der Waals surface area contributed by atoms with Gasteiger partial charge in [-0.15, -0.1) is 6.58 Å². The first-order valence-electron chi connectivity index (χ1n) is 6.20. The predicted octanol–water partition coefficient (Wildman–Crippen LogP) is 4.01. The molecule has 0 saturated carbocycles. The fraction of sp³-hybridized carbons (Fsp3) is 0.857. The molecular formula is C14H28O2. The Bertz CT molecular complexity index is 182. The highest BCUT2D eigenvalue weighted by molar-refractivity contribution is 4.91. The summed E-state index contributed by atoms with van der Waals surface area (Å²) in [5.41, 5.74) is 0.116. The van der Waals surface area contributed by atoms with Gasteiger partial charge in [-0.05, 0) is 11.8 Å². The summed E-state index contributed by atoms with van der Waals surface area (Å²) >= 11 is 0. The molecule has 0 aromatic rings. The van der Waals surface area contributed by atoms with Crippen molar-refractivity contribution in [2.75, 3.05) is 13.9 Å². The van der Waals surface area contributed by atoms with E-state index in [0.717, 1.165) is 6.42 Å². The van der Waals surface area contributed by atoms with Crippen molar-refractivity contribution in [3.63, 3.8) is 0 Å². The maximum Gasteiger partial charge on any atom is 0.146 e. The van der Waals surface area contributed by atoms with E-state index < -0.39 is 0 Å². The van der Waals surface area contributed by atoms with Gasteiger partial charge >= 0.3 is 0 Å². The minimum Gasteiger partial charge on any atom is -0.359 e. The third-order valence-corrected chi connectivity index (χ3v) is 2.80. The highest BCUT2D eigenvalue weighted by Crippen LogP contribution is 2.31. The minimum atomic E-state index is 0.116. The molecule has 0 aliphatic heterocycles. The van der Waals surface area contributed by atoms with Crippen LogP contribution >= 0.6 is 0 Å². The zero-order valence-electron chi connectivity index (χ0n) is 11.6. The Labute approximate surface area is 101 Å². The van der Waals surface area contributed by atoms with Crippen LogP contribution in [0.5, 0.6) is 0 Å². The zero-order valence-corrected chi connectivity index (χ0v) is 11.6. The van der Waals surface area contributed by atoms with Gasteiger partial charge in [-0.3, -0.25) is 0 Å². The first kappa shape index (κ1) is 15.7. The monoisotopic (exact) mass is 228 g/mol. The second-order valence-corrected chi connectivity index (χ2v) is 5.40. The molecule has 0 aliphatic carbocycles. The molecule has 0 N–H and O–H groups in total. The summed E-state index contributed by atoms with van der Waals surface area (Å²) in [5.74, 6) is 0.412. The summed E-state index contributed by atoms with van der Waals surface area (Å²) in [4.78, 5) is 0. The fourth-order valence-corrected chi connectivity index (χ4v) is 1.99. The summed E-state index contributed by atoms with van der Waals surface area (Å²) in [5, 5.41) is 0. The molecule has 0 heterocycles. The molecule has 2 nitrogen and oxygen atoms in total. The van der Waals surface area contributed by atoms with Crippen molar-refractivity contribution in [1.29, 1.82) is 0 Å². The Balaban J connectivity index is 4.49. The van der Waals surface area contributed by atoms with Crippen LogP contribution in [0.25, 0.3) is 0 Å². The lowest BCUT2D eigenvalue weighted by Gasteiger charge is -2.35.